The summed E-state index contributed by atoms with van der Waals surface area (Å²) in [5, 5.41) is 6.72. The Hall–Kier alpha value is -2.96. The average molecular weight is 462 g/mol. The molecule has 178 valence electrons. The summed E-state index contributed by atoms with van der Waals surface area (Å²) in [5.41, 5.74) is 2.07. The number of allylic oxidation sites excluding steroid dienone is 4. The van der Waals surface area contributed by atoms with Gasteiger partial charge in [-0.1, -0.05) is 50.4 Å². The van der Waals surface area contributed by atoms with Crippen LogP contribution in [0.2, 0.25) is 0 Å². The summed E-state index contributed by atoms with van der Waals surface area (Å²) in [7, 11) is 0. The van der Waals surface area contributed by atoms with Crippen LogP contribution in [0, 0.1) is 0 Å². The van der Waals surface area contributed by atoms with Crippen LogP contribution in [-0.4, -0.2) is 23.2 Å². The van der Waals surface area contributed by atoms with Crippen LogP contribution in [0.5, 0.6) is 0 Å². The van der Waals surface area contributed by atoms with E-state index in [2.05, 4.69) is 55.0 Å². The van der Waals surface area contributed by atoms with E-state index in [-0.39, 0.29) is 23.6 Å². The smallest absolute Gasteiger partial charge is 0.382 e. The van der Waals surface area contributed by atoms with E-state index in [1.165, 1.54) is 11.6 Å². The van der Waals surface area contributed by atoms with Gasteiger partial charge in [0, 0.05) is 23.5 Å². The van der Waals surface area contributed by atoms with E-state index in [9.17, 15) is 17.6 Å². The summed E-state index contributed by atoms with van der Waals surface area (Å²) in [4.78, 5) is 0.898. The van der Waals surface area contributed by atoms with Gasteiger partial charge < -0.3 is 10.6 Å². The van der Waals surface area contributed by atoms with Crippen molar-refractivity contribution in [3.8, 4) is 0 Å². The molecule has 2 N–H and O–H groups in total. The largest absolute Gasteiger partial charge is 0.416 e. The van der Waals surface area contributed by atoms with Crippen LogP contribution in [0.25, 0.3) is 5.70 Å². The monoisotopic (exact) mass is 461 g/mol. The molecule has 2 aliphatic rings. The van der Waals surface area contributed by atoms with Gasteiger partial charge in [-0.05, 0) is 62.3 Å². The Morgan fingerprint density at radius 3 is 2.27 bits per heavy atom. The predicted octanol–water partition coefficient (Wildman–Crippen LogP) is 6.70. The average Bonchev–Trinajstić information content (AvgIpc) is 2.79. The summed E-state index contributed by atoms with van der Waals surface area (Å²) in [6, 6.07) is 8.61. The zero-order valence-electron chi connectivity index (χ0n) is 19.1. The maximum Gasteiger partial charge on any atom is 0.416 e. The van der Waals surface area contributed by atoms with Gasteiger partial charge in [0.1, 0.15) is 5.82 Å². The van der Waals surface area contributed by atoms with Crippen molar-refractivity contribution in [2.75, 3.05) is 0 Å². The minimum absolute atomic E-state index is 0.0206. The molecule has 0 atom stereocenters. The zero-order chi connectivity index (χ0) is 24.2. The predicted molar refractivity (Wildman–Crippen MR) is 125 cm³/mol. The number of nitrogens with zero attached hydrogens (tertiary/aromatic N) is 1. The number of halogens is 4. The minimum Gasteiger partial charge on any atom is -0.382 e. The summed E-state index contributed by atoms with van der Waals surface area (Å²) in [6.45, 7) is 10.7. The van der Waals surface area contributed by atoms with E-state index in [4.69, 9.17) is 0 Å². The fraction of sp³-hybridized carbons (Fsp3) is 0.385. The Morgan fingerprint density at radius 1 is 1.09 bits per heavy atom. The molecule has 0 saturated heterocycles. The number of hydrogen-bond acceptors (Lipinski definition) is 3. The van der Waals surface area contributed by atoms with E-state index in [0.29, 0.717) is 0 Å². The number of rotatable bonds is 7. The van der Waals surface area contributed by atoms with Crippen molar-refractivity contribution in [3.05, 3.63) is 89.8 Å². The summed E-state index contributed by atoms with van der Waals surface area (Å²) in [5.74, 6) is -1.10. The van der Waals surface area contributed by atoms with Crippen molar-refractivity contribution >= 4 is 5.70 Å². The minimum atomic E-state index is -4.75. The molecule has 0 amide bonds. The molecule has 1 aliphatic heterocycles. The van der Waals surface area contributed by atoms with Crippen LogP contribution < -0.4 is 10.6 Å². The van der Waals surface area contributed by atoms with Crippen molar-refractivity contribution in [3.63, 3.8) is 0 Å². The standard InChI is InChI=1S/C26H31F4N3/c1-5-20-9-11-21(12-10-20)19(4)31-22-13-15-23(16-14-22)32-24-8-6-7-17(2)33(24)25(27)18(3)26(28,29)30/h6-12,22-23,31-32H,2,4-5,13-16H2,1,3H3/b25-18+. The van der Waals surface area contributed by atoms with Gasteiger partial charge in [-0.2, -0.15) is 17.6 Å². The fourth-order valence-corrected chi connectivity index (χ4v) is 4.05. The third kappa shape index (κ3) is 6.09. The molecule has 0 aromatic heterocycles. The van der Waals surface area contributed by atoms with Crippen molar-refractivity contribution in [1.29, 1.82) is 0 Å². The van der Waals surface area contributed by atoms with Crippen molar-refractivity contribution in [2.45, 2.75) is 64.2 Å². The van der Waals surface area contributed by atoms with Gasteiger partial charge in [-0.3, -0.25) is 4.90 Å². The van der Waals surface area contributed by atoms with Gasteiger partial charge in [-0.25, -0.2) is 0 Å². The SMILES string of the molecule is C=C(NC1CCC(NC2=CC=CC(=C)N2/C(F)=C(\C)C(F)(F)F)CC1)c1ccc(CC)cc1. The highest BCUT2D eigenvalue weighted by Crippen LogP contribution is 2.34. The number of alkyl halides is 3. The molecule has 3 rings (SSSR count). The lowest BCUT2D eigenvalue weighted by Crippen LogP contribution is -2.42. The maximum atomic E-state index is 14.7. The topological polar surface area (TPSA) is 27.3 Å². The molecule has 1 saturated carbocycles. The van der Waals surface area contributed by atoms with E-state index < -0.39 is 17.7 Å². The first kappa shape index (κ1) is 24.7. The second kappa shape index (κ2) is 10.3. The second-order valence-corrected chi connectivity index (χ2v) is 8.52. The lowest BCUT2D eigenvalue weighted by Gasteiger charge is -2.36. The Morgan fingerprint density at radius 2 is 1.70 bits per heavy atom. The first-order valence-electron chi connectivity index (χ1n) is 11.2. The van der Waals surface area contributed by atoms with Crippen LogP contribution >= 0.6 is 0 Å². The van der Waals surface area contributed by atoms with Crippen molar-refractivity contribution in [1.82, 2.24) is 15.5 Å². The van der Waals surface area contributed by atoms with E-state index >= 15 is 0 Å². The van der Waals surface area contributed by atoms with Crippen molar-refractivity contribution in [2.24, 2.45) is 0 Å². The molecule has 7 heteroatoms. The van der Waals surface area contributed by atoms with Crippen LogP contribution in [0.4, 0.5) is 17.6 Å². The first-order valence-corrected chi connectivity index (χ1v) is 11.2. The Kier molecular flexibility index (Phi) is 7.72. The van der Waals surface area contributed by atoms with Gasteiger partial charge in [0.25, 0.3) is 0 Å². The van der Waals surface area contributed by atoms with E-state index in [1.807, 2.05) is 0 Å². The lowest BCUT2D eigenvalue weighted by molar-refractivity contribution is -0.0946. The molecule has 0 unspecified atom stereocenters. The van der Waals surface area contributed by atoms with Crippen LogP contribution in [0.1, 0.15) is 50.7 Å². The molecule has 0 spiro atoms. The molecular formula is C26H31F4N3. The Labute approximate surface area is 193 Å². The molecule has 1 aliphatic carbocycles. The molecule has 0 radical (unpaired) electrons. The maximum absolute atomic E-state index is 14.7. The van der Waals surface area contributed by atoms with Crippen LogP contribution in [0.3, 0.4) is 0 Å². The summed E-state index contributed by atoms with van der Waals surface area (Å²) in [6.07, 6.45) is 4.27. The molecule has 1 aromatic carbocycles. The third-order valence-corrected chi connectivity index (χ3v) is 6.17. The summed E-state index contributed by atoms with van der Waals surface area (Å²) < 4.78 is 53.9. The molecule has 1 aromatic rings. The molecule has 1 fully saturated rings. The normalized spacial score (nSPS) is 21.9. The highest BCUT2D eigenvalue weighted by molar-refractivity contribution is 5.62. The Balaban J connectivity index is 1.59. The zero-order valence-corrected chi connectivity index (χ0v) is 19.1. The second-order valence-electron chi connectivity index (χ2n) is 8.52. The van der Waals surface area contributed by atoms with Gasteiger partial charge in [0.2, 0.25) is 5.95 Å². The lowest BCUT2D eigenvalue weighted by atomic mass is 9.90. The van der Waals surface area contributed by atoms with Gasteiger partial charge in [0.05, 0.1) is 5.57 Å². The molecular weight excluding hydrogens is 430 g/mol. The quantitative estimate of drug-likeness (QED) is 0.349. The molecule has 1 heterocycles. The van der Waals surface area contributed by atoms with E-state index in [1.54, 1.807) is 12.2 Å². The highest BCUT2D eigenvalue weighted by Gasteiger charge is 2.37. The van der Waals surface area contributed by atoms with Crippen LogP contribution in [0.15, 0.2) is 78.7 Å². The van der Waals surface area contributed by atoms with E-state index in [0.717, 1.165) is 55.2 Å². The van der Waals surface area contributed by atoms with Gasteiger partial charge in [0.15, 0.2) is 0 Å². The molecule has 33 heavy (non-hydrogen) atoms. The summed E-state index contributed by atoms with van der Waals surface area (Å²) >= 11 is 0. The number of benzene rings is 1. The number of aryl methyl sites for hydroxylation is 1. The van der Waals surface area contributed by atoms with Gasteiger partial charge >= 0.3 is 6.18 Å². The third-order valence-electron chi connectivity index (χ3n) is 6.17. The molecule has 3 nitrogen and oxygen atoms in total. The van der Waals surface area contributed by atoms with Crippen molar-refractivity contribution < 1.29 is 17.6 Å². The van der Waals surface area contributed by atoms with Crippen LogP contribution in [-0.2, 0) is 6.42 Å². The number of hydrogen-bond donors (Lipinski definition) is 2. The highest BCUT2D eigenvalue weighted by atomic mass is 19.4. The Bertz CT molecular complexity index is 962. The van der Waals surface area contributed by atoms with Gasteiger partial charge in [-0.15, -0.1) is 0 Å². The molecule has 0 bridgehead atoms. The fourth-order valence-electron chi connectivity index (χ4n) is 4.05. The first-order chi connectivity index (χ1) is 15.6. The number of nitrogens with one attached hydrogen (secondary N) is 2.